The average molecular weight is 277 g/mol. The van der Waals surface area contributed by atoms with E-state index in [4.69, 9.17) is 5.73 Å². The van der Waals surface area contributed by atoms with E-state index in [0.717, 1.165) is 32.5 Å². The van der Waals surface area contributed by atoms with Gasteiger partial charge in [0, 0.05) is 17.3 Å². The molecule has 112 valence electrons. The molecule has 1 aromatic carbocycles. The van der Waals surface area contributed by atoms with E-state index in [9.17, 15) is 4.79 Å². The lowest BCUT2D eigenvalue weighted by Gasteiger charge is -2.19. The summed E-state index contributed by atoms with van der Waals surface area (Å²) in [5, 5.41) is 3.02. The van der Waals surface area contributed by atoms with Crippen LogP contribution in [0.3, 0.4) is 0 Å². The summed E-state index contributed by atoms with van der Waals surface area (Å²) >= 11 is 0. The molecule has 0 saturated carbocycles. The first-order valence-corrected chi connectivity index (χ1v) is 7.45. The van der Waals surface area contributed by atoms with Crippen molar-refractivity contribution in [2.24, 2.45) is 0 Å². The molecule has 0 heterocycles. The number of hydrogen-bond acceptors (Lipinski definition) is 3. The third-order valence-electron chi connectivity index (χ3n) is 3.53. The van der Waals surface area contributed by atoms with Crippen LogP contribution in [0.25, 0.3) is 0 Å². The monoisotopic (exact) mass is 277 g/mol. The Morgan fingerprint density at radius 1 is 1.35 bits per heavy atom. The van der Waals surface area contributed by atoms with Gasteiger partial charge in [0.1, 0.15) is 0 Å². The van der Waals surface area contributed by atoms with Crippen LogP contribution >= 0.6 is 0 Å². The summed E-state index contributed by atoms with van der Waals surface area (Å²) in [4.78, 5) is 14.4. The first kappa shape index (κ1) is 16.5. The van der Waals surface area contributed by atoms with E-state index in [2.05, 4.69) is 24.1 Å². The van der Waals surface area contributed by atoms with Crippen molar-refractivity contribution in [3.63, 3.8) is 0 Å². The zero-order valence-electron chi connectivity index (χ0n) is 12.9. The van der Waals surface area contributed by atoms with Gasteiger partial charge < -0.3 is 16.0 Å². The molecule has 0 aliphatic heterocycles. The second-order valence-electron chi connectivity index (χ2n) is 5.17. The lowest BCUT2D eigenvalue weighted by Crippen LogP contribution is -2.33. The SMILES string of the molecule is CCN(CC)CCCC(C)NC(=O)c1cccc(N)c1. The predicted molar refractivity (Wildman–Crippen MR) is 84.8 cm³/mol. The first-order chi connectivity index (χ1) is 9.56. The molecule has 4 nitrogen and oxygen atoms in total. The van der Waals surface area contributed by atoms with Crippen LogP contribution < -0.4 is 11.1 Å². The molecule has 1 aromatic rings. The molecule has 0 spiro atoms. The van der Waals surface area contributed by atoms with Crippen molar-refractivity contribution in [1.82, 2.24) is 10.2 Å². The van der Waals surface area contributed by atoms with Crippen LogP contribution in [0.5, 0.6) is 0 Å². The second kappa shape index (κ2) is 8.59. The molecule has 3 N–H and O–H groups in total. The third kappa shape index (κ3) is 5.61. The van der Waals surface area contributed by atoms with Crippen LogP contribution in [0.1, 0.15) is 44.0 Å². The van der Waals surface area contributed by atoms with Gasteiger partial charge in [0.25, 0.3) is 5.91 Å². The van der Waals surface area contributed by atoms with Crippen molar-refractivity contribution in [1.29, 1.82) is 0 Å². The summed E-state index contributed by atoms with van der Waals surface area (Å²) in [6.45, 7) is 9.65. The Hall–Kier alpha value is -1.55. The van der Waals surface area contributed by atoms with Crippen LogP contribution in [-0.4, -0.2) is 36.5 Å². The molecule has 20 heavy (non-hydrogen) atoms. The van der Waals surface area contributed by atoms with E-state index < -0.39 is 0 Å². The van der Waals surface area contributed by atoms with Crippen molar-refractivity contribution in [3.05, 3.63) is 29.8 Å². The molecule has 1 atom stereocenters. The first-order valence-electron chi connectivity index (χ1n) is 7.45. The quantitative estimate of drug-likeness (QED) is 0.718. The molecule has 0 radical (unpaired) electrons. The van der Waals surface area contributed by atoms with Crippen molar-refractivity contribution >= 4 is 11.6 Å². The summed E-state index contributed by atoms with van der Waals surface area (Å²) in [5.41, 5.74) is 6.93. The number of amides is 1. The number of carbonyl (C=O) groups is 1. The molecule has 0 bridgehead atoms. The van der Waals surface area contributed by atoms with Crippen molar-refractivity contribution in [2.75, 3.05) is 25.4 Å². The molecular weight excluding hydrogens is 250 g/mol. The summed E-state index contributed by atoms with van der Waals surface area (Å²) < 4.78 is 0. The van der Waals surface area contributed by atoms with Crippen molar-refractivity contribution < 1.29 is 4.79 Å². The highest BCUT2D eigenvalue weighted by Crippen LogP contribution is 2.07. The van der Waals surface area contributed by atoms with Gasteiger partial charge in [0.15, 0.2) is 0 Å². The maximum Gasteiger partial charge on any atom is 0.251 e. The van der Waals surface area contributed by atoms with E-state index >= 15 is 0 Å². The summed E-state index contributed by atoms with van der Waals surface area (Å²) in [7, 11) is 0. The van der Waals surface area contributed by atoms with E-state index in [-0.39, 0.29) is 11.9 Å². The Labute approximate surface area is 122 Å². The van der Waals surface area contributed by atoms with E-state index in [1.165, 1.54) is 0 Å². The highest BCUT2D eigenvalue weighted by Gasteiger charge is 2.10. The van der Waals surface area contributed by atoms with Crippen LogP contribution in [0, 0.1) is 0 Å². The number of benzene rings is 1. The van der Waals surface area contributed by atoms with Crippen molar-refractivity contribution in [2.45, 2.75) is 39.7 Å². The number of anilines is 1. The lowest BCUT2D eigenvalue weighted by atomic mass is 10.1. The fraction of sp³-hybridized carbons (Fsp3) is 0.562. The minimum Gasteiger partial charge on any atom is -0.399 e. The zero-order chi connectivity index (χ0) is 15.0. The Bertz CT molecular complexity index is 416. The molecule has 1 rings (SSSR count). The van der Waals surface area contributed by atoms with Gasteiger partial charge in [0.05, 0.1) is 0 Å². The molecule has 0 aliphatic rings. The molecule has 0 aliphatic carbocycles. The maximum absolute atomic E-state index is 12.0. The molecule has 1 amide bonds. The third-order valence-corrected chi connectivity index (χ3v) is 3.53. The summed E-state index contributed by atoms with van der Waals surface area (Å²) in [6, 6.07) is 7.26. The van der Waals surface area contributed by atoms with Crippen molar-refractivity contribution in [3.8, 4) is 0 Å². The Morgan fingerprint density at radius 3 is 2.65 bits per heavy atom. The number of nitrogen functional groups attached to an aromatic ring is 1. The fourth-order valence-corrected chi connectivity index (χ4v) is 2.22. The number of nitrogens with two attached hydrogens (primary N) is 1. The highest BCUT2D eigenvalue weighted by molar-refractivity contribution is 5.95. The number of rotatable bonds is 8. The minimum atomic E-state index is -0.0485. The topological polar surface area (TPSA) is 58.4 Å². The van der Waals surface area contributed by atoms with Gasteiger partial charge in [-0.2, -0.15) is 0 Å². The smallest absolute Gasteiger partial charge is 0.251 e. The Balaban J connectivity index is 2.35. The predicted octanol–water partition coefficient (Wildman–Crippen LogP) is 2.51. The average Bonchev–Trinajstić information content (AvgIpc) is 2.43. The maximum atomic E-state index is 12.0. The molecule has 0 saturated heterocycles. The number of nitrogens with zero attached hydrogens (tertiary/aromatic N) is 1. The van der Waals surface area contributed by atoms with Gasteiger partial charge in [-0.15, -0.1) is 0 Å². The van der Waals surface area contributed by atoms with Crippen LogP contribution in [-0.2, 0) is 0 Å². The fourth-order valence-electron chi connectivity index (χ4n) is 2.22. The highest BCUT2D eigenvalue weighted by atomic mass is 16.1. The van der Waals surface area contributed by atoms with Crippen LogP contribution in [0.2, 0.25) is 0 Å². The molecular formula is C16H27N3O. The molecule has 0 fully saturated rings. The minimum absolute atomic E-state index is 0.0485. The van der Waals surface area contributed by atoms with E-state index in [1.807, 2.05) is 6.92 Å². The van der Waals surface area contributed by atoms with Gasteiger partial charge in [-0.25, -0.2) is 0 Å². The molecule has 4 heteroatoms. The Kier molecular flexibility index (Phi) is 7.09. The van der Waals surface area contributed by atoms with Gasteiger partial charge in [-0.3, -0.25) is 4.79 Å². The standard InChI is InChI=1S/C16H27N3O/c1-4-19(5-2)11-7-8-13(3)18-16(20)14-9-6-10-15(17)12-14/h6,9-10,12-13H,4-5,7-8,11,17H2,1-3H3,(H,18,20). The van der Waals surface area contributed by atoms with Gasteiger partial charge in [-0.05, 0) is 57.6 Å². The van der Waals surface area contributed by atoms with E-state index in [1.54, 1.807) is 24.3 Å². The number of carbonyl (C=O) groups excluding carboxylic acids is 1. The normalized spacial score (nSPS) is 12.4. The number of hydrogen-bond donors (Lipinski definition) is 2. The van der Waals surface area contributed by atoms with Gasteiger partial charge in [-0.1, -0.05) is 19.9 Å². The Morgan fingerprint density at radius 2 is 2.05 bits per heavy atom. The molecule has 1 unspecified atom stereocenters. The summed E-state index contributed by atoms with van der Waals surface area (Å²) in [5.74, 6) is -0.0485. The molecule has 0 aromatic heterocycles. The van der Waals surface area contributed by atoms with Crippen LogP contribution in [0.15, 0.2) is 24.3 Å². The summed E-state index contributed by atoms with van der Waals surface area (Å²) in [6.07, 6.45) is 2.09. The second-order valence-corrected chi connectivity index (χ2v) is 5.17. The van der Waals surface area contributed by atoms with Gasteiger partial charge in [0.2, 0.25) is 0 Å². The zero-order valence-corrected chi connectivity index (χ0v) is 12.9. The number of nitrogens with one attached hydrogen (secondary N) is 1. The van der Waals surface area contributed by atoms with Crippen LogP contribution in [0.4, 0.5) is 5.69 Å². The van der Waals surface area contributed by atoms with E-state index in [0.29, 0.717) is 11.3 Å². The lowest BCUT2D eigenvalue weighted by molar-refractivity contribution is 0.0937. The largest absolute Gasteiger partial charge is 0.399 e. The van der Waals surface area contributed by atoms with Gasteiger partial charge >= 0.3 is 0 Å².